The van der Waals surface area contributed by atoms with Gasteiger partial charge in [0.05, 0.1) is 6.07 Å². The summed E-state index contributed by atoms with van der Waals surface area (Å²) in [5, 5.41) is 2.13. The summed E-state index contributed by atoms with van der Waals surface area (Å²) < 4.78 is 83.7. The van der Waals surface area contributed by atoms with E-state index in [4.69, 9.17) is 0 Å². The molecule has 0 saturated carbocycles. The van der Waals surface area contributed by atoms with E-state index < -0.39 is 49.3 Å². The number of alkyl halides is 6. The normalized spacial score (nSPS) is 11.7. The number of hydrogen-bond acceptors (Lipinski definition) is 6. The predicted octanol–water partition coefficient (Wildman–Crippen LogP) is 4.03. The Hall–Kier alpha value is -2.59. The Kier molecular flexibility index (Phi) is 7.49. The highest BCUT2D eigenvalue weighted by molar-refractivity contribution is 14.1. The van der Waals surface area contributed by atoms with E-state index in [1.165, 1.54) is 19.3 Å². The number of ether oxygens (including phenoxy) is 2. The van der Waals surface area contributed by atoms with E-state index in [0.29, 0.717) is 6.07 Å². The molecule has 0 aliphatic carbocycles. The van der Waals surface area contributed by atoms with Gasteiger partial charge in [-0.1, -0.05) is 0 Å². The average Bonchev–Trinajstić information content (AvgIpc) is 2.63. The van der Waals surface area contributed by atoms with Crippen molar-refractivity contribution >= 4 is 40.4 Å². The topological polar surface area (TPSA) is 89.5 Å². The molecular weight excluding hydrogens is 539 g/mol. The first-order valence-electron chi connectivity index (χ1n) is 7.77. The lowest BCUT2D eigenvalue weighted by Gasteiger charge is -2.17. The number of nitrogens with one attached hydrogen (secondary N) is 1. The monoisotopic (exact) mass is 551 g/mol. The van der Waals surface area contributed by atoms with Crippen LogP contribution < -0.4 is 19.7 Å². The van der Waals surface area contributed by atoms with Crippen LogP contribution in [0.15, 0.2) is 24.4 Å². The number of carbonyl (C=O) groups is 1. The van der Waals surface area contributed by atoms with Gasteiger partial charge in [-0.2, -0.15) is 36.3 Å². The first kappa shape index (κ1) is 23.7. The van der Waals surface area contributed by atoms with Gasteiger partial charge in [0.1, 0.15) is 5.82 Å². The maximum absolute atomic E-state index is 12.3. The van der Waals surface area contributed by atoms with Gasteiger partial charge in [-0.05, 0) is 34.7 Å². The Morgan fingerprint density at radius 1 is 1.07 bits per heavy atom. The molecule has 0 spiro atoms. The highest BCUT2D eigenvalue weighted by atomic mass is 127. The molecule has 0 unspecified atom stereocenters. The quantitative estimate of drug-likeness (QED) is 0.431. The molecule has 0 saturated heterocycles. The molecule has 30 heavy (non-hydrogen) atoms. The van der Waals surface area contributed by atoms with Gasteiger partial charge in [0, 0.05) is 16.8 Å². The Labute approximate surface area is 178 Å². The Balaban J connectivity index is 2.20. The maximum atomic E-state index is 12.3. The van der Waals surface area contributed by atoms with Crippen LogP contribution in [0.4, 0.5) is 42.9 Å². The molecular formula is C15H12F6IN5O3. The van der Waals surface area contributed by atoms with Gasteiger partial charge in [-0.15, -0.1) is 0 Å². The highest BCUT2D eigenvalue weighted by Gasteiger charge is 2.30. The Bertz CT molecular complexity index is 842. The van der Waals surface area contributed by atoms with Crippen LogP contribution in [0.3, 0.4) is 0 Å². The van der Waals surface area contributed by atoms with Crippen molar-refractivity contribution in [3.05, 3.63) is 28.0 Å². The summed E-state index contributed by atoms with van der Waals surface area (Å²) in [4.78, 5) is 24.4. The molecule has 2 aromatic heterocycles. The van der Waals surface area contributed by atoms with E-state index in [1.807, 2.05) is 22.6 Å². The SMILES string of the molecule is CN(C(=O)Nc1nc(OCC(F)(F)F)cc(OCC(F)(F)F)n1)c1ccc(I)cn1. The van der Waals surface area contributed by atoms with Crippen molar-refractivity contribution in [1.29, 1.82) is 0 Å². The van der Waals surface area contributed by atoms with Crippen molar-refractivity contribution in [3.63, 3.8) is 0 Å². The van der Waals surface area contributed by atoms with Gasteiger partial charge in [-0.25, -0.2) is 9.78 Å². The standard InChI is InChI=1S/C15H12F6IN5O3/c1-27(9-3-2-8(22)5-23-9)13(28)26-12-24-10(29-6-14(16,17)18)4-11(25-12)30-7-15(19,20)21/h2-5H,6-7H2,1H3,(H,24,25,26,28). The first-order chi connectivity index (χ1) is 13.8. The summed E-state index contributed by atoms with van der Waals surface area (Å²) in [6, 6.07) is 2.96. The summed E-state index contributed by atoms with van der Waals surface area (Å²) in [6.45, 7) is -3.52. The van der Waals surface area contributed by atoms with Crippen molar-refractivity contribution in [1.82, 2.24) is 15.0 Å². The van der Waals surface area contributed by atoms with E-state index in [0.717, 1.165) is 8.47 Å². The zero-order valence-electron chi connectivity index (χ0n) is 14.9. The lowest BCUT2D eigenvalue weighted by atomic mass is 10.4. The van der Waals surface area contributed by atoms with Crippen LogP contribution in [0.25, 0.3) is 0 Å². The minimum atomic E-state index is -4.72. The number of halogens is 7. The number of aromatic nitrogens is 3. The summed E-state index contributed by atoms with van der Waals surface area (Å²) in [6.07, 6.45) is -7.97. The number of pyridine rings is 1. The predicted molar refractivity (Wildman–Crippen MR) is 99.5 cm³/mol. The van der Waals surface area contributed by atoms with Crippen LogP contribution in [-0.2, 0) is 0 Å². The van der Waals surface area contributed by atoms with Crippen molar-refractivity contribution in [2.75, 3.05) is 30.5 Å². The molecule has 0 radical (unpaired) electrons. The Morgan fingerprint density at radius 2 is 1.60 bits per heavy atom. The van der Waals surface area contributed by atoms with Crippen LogP contribution in [0.1, 0.15) is 0 Å². The molecule has 8 nitrogen and oxygen atoms in total. The van der Waals surface area contributed by atoms with E-state index in [1.54, 1.807) is 6.07 Å². The number of hydrogen-bond donors (Lipinski definition) is 1. The molecule has 164 valence electrons. The minimum Gasteiger partial charge on any atom is -0.468 e. The van der Waals surface area contributed by atoms with Crippen LogP contribution in [0.2, 0.25) is 0 Å². The van der Waals surface area contributed by atoms with Gasteiger partial charge in [-0.3, -0.25) is 10.2 Å². The fourth-order valence-electron chi connectivity index (χ4n) is 1.77. The summed E-state index contributed by atoms with van der Waals surface area (Å²) in [5.41, 5.74) is 0. The van der Waals surface area contributed by atoms with Crippen LogP contribution >= 0.6 is 22.6 Å². The van der Waals surface area contributed by atoms with Crippen molar-refractivity contribution in [2.24, 2.45) is 0 Å². The van der Waals surface area contributed by atoms with E-state index in [9.17, 15) is 31.1 Å². The highest BCUT2D eigenvalue weighted by Crippen LogP contribution is 2.24. The summed E-state index contributed by atoms with van der Waals surface area (Å²) in [5.74, 6) is -1.91. The summed E-state index contributed by atoms with van der Waals surface area (Å²) >= 11 is 2.00. The second kappa shape index (κ2) is 9.48. The van der Waals surface area contributed by atoms with E-state index in [-0.39, 0.29) is 5.82 Å². The largest absolute Gasteiger partial charge is 0.468 e. The number of carbonyl (C=O) groups excluding carboxylic acids is 1. The average molecular weight is 551 g/mol. The smallest absolute Gasteiger partial charge is 0.422 e. The number of nitrogens with zero attached hydrogens (tertiary/aromatic N) is 4. The molecule has 1 N–H and O–H groups in total. The third kappa shape index (κ3) is 8.03. The molecule has 0 fully saturated rings. The third-order valence-corrected chi connectivity index (χ3v) is 3.66. The summed E-state index contributed by atoms with van der Waals surface area (Å²) in [7, 11) is 1.33. The molecule has 15 heteroatoms. The van der Waals surface area contributed by atoms with Crippen molar-refractivity contribution in [3.8, 4) is 11.8 Å². The molecule has 0 aromatic carbocycles. The van der Waals surface area contributed by atoms with Crippen molar-refractivity contribution in [2.45, 2.75) is 12.4 Å². The molecule has 0 aliphatic rings. The molecule has 2 amide bonds. The van der Waals surface area contributed by atoms with Gasteiger partial charge in [0.25, 0.3) is 0 Å². The maximum Gasteiger partial charge on any atom is 0.422 e. The van der Waals surface area contributed by atoms with E-state index >= 15 is 0 Å². The lowest BCUT2D eigenvalue weighted by Crippen LogP contribution is -2.32. The second-order valence-corrected chi connectivity index (χ2v) is 6.75. The van der Waals surface area contributed by atoms with Gasteiger partial charge in [0.15, 0.2) is 13.2 Å². The minimum absolute atomic E-state index is 0.214. The van der Waals surface area contributed by atoms with Crippen LogP contribution in [0.5, 0.6) is 11.8 Å². The van der Waals surface area contributed by atoms with Gasteiger partial charge < -0.3 is 9.47 Å². The fraction of sp³-hybridized carbons (Fsp3) is 0.333. The second-order valence-electron chi connectivity index (χ2n) is 5.50. The molecule has 0 atom stereocenters. The number of amides is 2. The van der Waals surface area contributed by atoms with Gasteiger partial charge >= 0.3 is 18.4 Å². The number of urea groups is 1. The third-order valence-electron chi connectivity index (χ3n) is 3.03. The zero-order valence-corrected chi connectivity index (χ0v) is 17.0. The number of rotatable bonds is 6. The Morgan fingerprint density at radius 3 is 2.03 bits per heavy atom. The lowest BCUT2D eigenvalue weighted by molar-refractivity contribution is -0.154. The molecule has 0 aliphatic heterocycles. The van der Waals surface area contributed by atoms with Crippen LogP contribution in [0, 0.1) is 3.57 Å². The molecule has 0 bridgehead atoms. The van der Waals surface area contributed by atoms with Gasteiger partial charge in [0.2, 0.25) is 17.7 Å². The first-order valence-corrected chi connectivity index (χ1v) is 8.85. The molecule has 2 aromatic rings. The van der Waals surface area contributed by atoms with Crippen molar-refractivity contribution < 1.29 is 40.6 Å². The fourth-order valence-corrected chi connectivity index (χ4v) is 2.09. The van der Waals surface area contributed by atoms with E-state index in [2.05, 4.69) is 29.7 Å². The number of anilines is 2. The molecule has 2 heterocycles. The van der Waals surface area contributed by atoms with Crippen LogP contribution in [-0.4, -0.2) is 53.6 Å². The zero-order chi connectivity index (χ0) is 22.5. The molecule has 2 rings (SSSR count).